The predicted octanol–water partition coefficient (Wildman–Crippen LogP) is 4.53. The van der Waals surface area contributed by atoms with Crippen molar-refractivity contribution in [1.29, 1.82) is 0 Å². The zero-order valence-electron chi connectivity index (χ0n) is 13.3. The summed E-state index contributed by atoms with van der Waals surface area (Å²) < 4.78 is 80.7. The average Bonchev–Trinajstić information content (AvgIpc) is 2.53. The molecule has 0 aromatic heterocycles. The van der Waals surface area contributed by atoms with Crippen molar-refractivity contribution in [3.05, 3.63) is 48.5 Å². The largest absolute Gasteiger partial charge is 0.573 e. The Bertz CT molecular complexity index is 775. The van der Waals surface area contributed by atoms with E-state index in [2.05, 4.69) is 20.1 Å². The first-order chi connectivity index (χ1) is 12.5. The molecule has 2 aromatic carbocycles. The van der Waals surface area contributed by atoms with Gasteiger partial charge >= 0.3 is 12.7 Å². The molecule has 0 atom stereocenters. The van der Waals surface area contributed by atoms with Crippen LogP contribution in [-0.4, -0.2) is 25.2 Å². The highest BCUT2D eigenvalue weighted by atomic mass is 19.4. The Balaban J connectivity index is 1.92. The number of para-hydroxylation sites is 2. The van der Waals surface area contributed by atoms with Crippen LogP contribution in [0.15, 0.2) is 48.5 Å². The van der Waals surface area contributed by atoms with Crippen molar-refractivity contribution >= 4 is 17.3 Å². The molecule has 0 aliphatic heterocycles. The molecule has 0 unspecified atom stereocenters. The third-order valence-electron chi connectivity index (χ3n) is 2.92. The van der Waals surface area contributed by atoms with Gasteiger partial charge in [-0.25, -0.2) is 0 Å². The molecule has 0 aliphatic carbocycles. The second-order valence-corrected chi connectivity index (χ2v) is 5.02. The topological polar surface area (TPSA) is 59.6 Å². The van der Waals surface area contributed by atoms with Gasteiger partial charge in [-0.15, -0.1) is 26.3 Å². The summed E-state index contributed by atoms with van der Waals surface area (Å²) >= 11 is 0. The van der Waals surface area contributed by atoms with Crippen LogP contribution in [0.4, 0.5) is 37.7 Å². The number of alkyl halides is 6. The van der Waals surface area contributed by atoms with E-state index >= 15 is 0 Å². The van der Waals surface area contributed by atoms with Crippen LogP contribution in [0.25, 0.3) is 0 Å². The predicted molar refractivity (Wildman–Crippen MR) is 83.4 cm³/mol. The van der Waals surface area contributed by atoms with Gasteiger partial charge in [0.05, 0.1) is 12.2 Å². The normalized spacial score (nSPS) is 11.6. The highest BCUT2D eigenvalue weighted by Gasteiger charge is 2.32. The molecular formula is C16H12F6N2O3. The third kappa shape index (κ3) is 7.34. The van der Waals surface area contributed by atoms with E-state index in [1.54, 1.807) is 0 Å². The SMILES string of the molecule is O=C(CNc1ccccc1OC(F)(F)F)Nc1ccc(OC(F)(F)F)cc1. The third-order valence-corrected chi connectivity index (χ3v) is 2.92. The van der Waals surface area contributed by atoms with E-state index in [1.807, 2.05) is 0 Å². The molecule has 0 fully saturated rings. The minimum atomic E-state index is -4.89. The number of carbonyl (C=O) groups excluding carboxylic acids is 1. The van der Waals surface area contributed by atoms with E-state index in [0.29, 0.717) is 0 Å². The van der Waals surface area contributed by atoms with E-state index in [4.69, 9.17) is 0 Å². The standard InChI is InChI=1S/C16H12F6N2O3/c17-15(18,19)26-11-7-5-10(6-8-11)24-14(25)9-23-12-3-1-2-4-13(12)27-16(20,21)22/h1-8,23H,9H2,(H,24,25). The number of benzene rings is 2. The van der Waals surface area contributed by atoms with E-state index in [0.717, 1.165) is 18.2 Å². The summed E-state index contributed by atoms with van der Waals surface area (Å²) in [5.74, 6) is -1.61. The summed E-state index contributed by atoms with van der Waals surface area (Å²) in [6.07, 6.45) is -9.72. The molecule has 2 N–H and O–H groups in total. The first-order valence-corrected chi connectivity index (χ1v) is 7.26. The lowest BCUT2D eigenvalue weighted by Crippen LogP contribution is -2.23. The van der Waals surface area contributed by atoms with Crippen molar-refractivity contribution < 1.29 is 40.6 Å². The number of amides is 1. The van der Waals surface area contributed by atoms with Crippen LogP contribution in [0.1, 0.15) is 0 Å². The Hall–Kier alpha value is -3.11. The monoisotopic (exact) mass is 394 g/mol. The highest BCUT2D eigenvalue weighted by molar-refractivity contribution is 5.94. The Labute approximate surface area is 148 Å². The fraction of sp³-hybridized carbons (Fsp3) is 0.188. The minimum absolute atomic E-state index is 0.0566. The number of hydrogen-bond acceptors (Lipinski definition) is 4. The molecule has 2 rings (SSSR count). The van der Waals surface area contributed by atoms with Gasteiger partial charge in [0.2, 0.25) is 5.91 Å². The van der Waals surface area contributed by atoms with Crippen molar-refractivity contribution in [1.82, 2.24) is 0 Å². The summed E-state index contributed by atoms with van der Waals surface area (Å²) in [6, 6.07) is 9.51. The van der Waals surface area contributed by atoms with Gasteiger partial charge in [-0.05, 0) is 36.4 Å². The highest BCUT2D eigenvalue weighted by Crippen LogP contribution is 2.29. The van der Waals surface area contributed by atoms with Gasteiger partial charge in [0.25, 0.3) is 0 Å². The van der Waals surface area contributed by atoms with Crippen LogP contribution in [0.3, 0.4) is 0 Å². The Morgan fingerprint density at radius 3 is 2.04 bits per heavy atom. The zero-order chi connectivity index (χ0) is 20.1. The van der Waals surface area contributed by atoms with Gasteiger partial charge in [-0.3, -0.25) is 4.79 Å². The first kappa shape index (κ1) is 20.2. The summed E-state index contributed by atoms with van der Waals surface area (Å²) in [4.78, 5) is 11.8. The first-order valence-electron chi connectivity index (χ1n) is 7.26. The average molecular weight is 394 g/mol. The fourth-order valence-electron chi connectivity index (χ4n) is 1.95. The molecule has 5 nitrogen and oxygen atoms in total. The van der Waals surface area contributed by atoms with E-state index in [-0.39, 0.29) is 11.4 Å². The molecule has 0 bridgehead atoms. The van der Waals surface area contributed by atoms with Gasteiger partial charge in [0.15, 0.2) is 5.75 Å². The molecule has 0 aliphatic rings. The molecule has 146 valence electrons. The molecule has 11 heteroatoms. The molecule has 0 saturated carbocycles. The molecule has 0 heterocycles. The lowest BCUT2D eigenvalue weighted by atomic mass is 10.3. The molecular weight excluding hydrogens is 382 g/mol. The Morgan fingerprint density at radius 2 is 1.44 bits per heavy atom. The molecule has 1 amide bonds. The van der Waals surface area contributed by atoms with Crippen molar-refractivity contribution in [3.63, 3.8) is 0 Å². The summed E-state index contributed by atoms with van der Waals surface area (Å²) in [7, 11) is 0. The van der Waals surface area contributed by atoms with E-state index in [1.165, 1.54) is 30.3 Å². The minimum Gasteiger partial charge on any atom is -0.406 e. The molecule has 0 spiro atoms. The quantitative estimate of drug-likeness (QED) is 0.707. The zero-order valence-corrected chi connectivity index (χ0v) is 13.3. The van der Waals surface area contributed by atoms with E-state index < -0.39 is 36.7 Å². The summed E-state index contributed by atoms with van der Waals surface area (Å²) in [6.45, 7) is -0.404. The Kier molecular flexibility index (Phi) is 6.03. The van der Waals surface area contributed by atoms with Crippen molar-refractivity contribution in [2.45, 2.75) is 12.7 Å². The number of nitrogens with one attached hydrogen (secondary N) is 2. The van der Waals surface area contributed by atoms with Gasteiger partial charge in [-0.1, -0.05) is 12.1 Å². The van der Waals surface area contributed by atoms with Gasteiger partial charge in [-0.2, -0.15) is 0 Å². The van der Waals surface area contributed by atoms with Crippen LogP contribution >= 0.6 is 0 Å². The fourth-order valence-corrected chi connectivity index (χ4v) is 1.95. The number of hydrogen-bond donors (Lipinski definition) is 2. The van der Waals surface area contributed by atoms with Gasteiger partial charge < -0.3 is 20.1 Å². The number of anilines is 2. The number of ether oxygens (including phenoxy) is 2. The Morgan fingerprint density at radius 1 is 0.852 bits per heavy atom. The maximum Gasteiger partial charge on any atom is 0.573 e. The smallest absolute Gasteiger partial charge is 0.406 e. The second kappa shape index (κ2) is 8.06. The summed E-state index contributed by atoms with van der Waals surface area (Å²) in [5, 5.41) is 4.86. The van der Waals surface area contributed by atoms with Crippen LogP contribution in [-0.2, 0) is 4.79 Å². The maximum absolute atomic E-state index is 12.3. The van der Waals surface area contributed by atoms with Crippen LogP contribution < -0.4 is 20.1 Å². The van der Waals surface area contributed by atoms with Crippen molar-refractivity contribution in [2.75, 3.05) is 17.2 Å². The molecule has 27 heavy (non-hydrogen) atoms. The maximum atomic E-state index is 12.3. The number of halogens is 6. The van der Waals surface area contributed by atoms with Crippen molar-refractivity contribution in [3.8, 4) is 11.5 Å². The number of carbonyl (C=O) groups is 1. The van der Waals surface area contributed by atoms with Crippen LogP contribution in [0, 0.1) is 0 Å². The molecule has 0 radical (unpaired) electrons. The van der Waals surface area contributed by atoms with E-state index in [9.17, 15) is 31.1 Å². The lowest BCUT2D eigenvalue weighted by molar-refractivity contribution is -0.275. The summed E-state index contributed by atoms with van der Waals surface area (Å²) in [5.41, 5.74) is 0.120. The van der Waals surface area contributed by atoms with Crippen LogP contribution in [0.2, 0.25) is 0 Å². The molecule has 2 aromatic rings. The van der Waals surface area contributed by atoms with Gasteiger partial charge in [0, 0.05) is 5.69 Å². The number of rotatable bonds is 6. The molecule has 0 saturated heterocycles. The van der Waals surface area contributed by atoms with Gasteiger partial charge in [0.1, 0.15) is 5.75 Å². The lowest BCUT2D eigenvalue weighted by Gasteiger charge is -2.14. The van der Waals surface area contributed by atoms with Crippen LogP contribution in [0.5, 0.6) is 11.5 Å². The second-order valence-electron chi connectivity index (χ2n) is 5.02. The van der Waals surface area contributed by atoms with Crippen molar-refractivity contribution in [2.24, 2.45) is 0 Å².